The lowest BCUT2D eigenvalue weighted by Gasteiger charge is -2.25. The molecule has 0 aliphatic carbocycles. The molecular weight excluding hydrogens is 444 g/mol. The van der Waals surface area contributed by atoms with Crippen molar-refractivity contribution in [1.29, 1.82) is 0 Å². The number of rotatable bonds is 5. The van der Waals surface area contributed by atoms with E-state index in [4.69, 9.17) is 16.3 Å². The van der Waals surface area contributed by atoms with E-state index in [1.807, 2.05) is 31.3 Å². The van der Waals surface area contributed by atoms with Crippen LogP contribution in [0.1, 0.15) is 16.7 Å². The summed E-state index contributed by atoms with van der Waals surface area (Å²) in [5.41, 5.74) is 5.46. The van der Waals surface area contributed by atoms with Crippen molar-refractivity contribution in [3.63, 3.8) is 0 Å². The molecule has 1 N–H and O–H groups in total. The zero-order chi connectivity index (χ0) is 23.1. The number of ether oxygens (including phenoxy) is 1. The Bertz CT molecular complexity index is 1240. The van der Waals surface area contributed by atoms with Gasteiger partial charge in [0.1, 0.15) is 12.9 Å². The van der Waals surface area contributed by atoms with Gasteiger partial charge in [-0.1, -0.05) is 11.6 Å². The standard InChI is InChI=1S/C23H25ClN6O3/c1-14-5-16(24)7-19(18(14)8-17-9-25-3-4-33-17)22-20-6-15(11-30(20)27-13-26-22)10-29-21(31)12-28(2)23(29)32/h5-7,11,13,17,25H,3-4,8-10,12H2,1-2H3. The van der Waals surface area contributed by atoms with Crippen molar-refractivity contribution >= 4 is 29.1 Å². The first kappa shape index (κ1) is 21.8. The van der Waals surface area contributed by atoms with Gasteiger partial charge in [-0.25, -0.2) is 14.3 Å². The average molecular weight is 469 g/mol. The number of fused-ring (bicyclic) bond motifs is 1. The maximum atomic E-state index is 12.3. The van der Waals surface area contributed by atoms with E-state index in [1.54, 1.807) is 11.6 Å². The van der Waals surface area contributed by atoms with Crippen molar-refractivity contribution in [3.05, 3.63) is 52.4 Å². The van der Waals surface area contributed by atoms with Gasteiger partial charge in [-0.05, 0) is 41.8 Å². The monoisotopic (exact) mass is 468 g/mol. The number of nitrogens with one attached hydrogen (secondary N) is 1. The first-order chi connectivity index (χ1) is 15.9. The normalized spacial score (nSPS) is 19.2. The molecule has 2 aliphatic rings. The van der Waals surface area contributed by atoms with E-state index >= 15 is 0 Å². The third-order valence-corrected chi connectivity index (χ3v) is 6.38. The lowest BCUT2D eigenvalue weighted by molar-refractivity contribution is -0.125. The van der Waals surface area contributed by atoms with Gasteiger partial charge in [-0.2, -0.15) is 5.10 Å². The summed E-state index contributed by atoms with van der Waals surface area (Å²) in [6.07, 6.45) is 4.13. The third-order valence-electron chi connectivity index (χ3n) is 6.16. The van der Waals surface area contributed by atoms with Gasteiger partial charge in [0.05, 0.1) is 30.5 Å². The van der Waals surface area contributed by atoms with E-state index in [0.717, 1.165) is 53.0 Å². The Balaban J connectivity index is 1.54. The second kappa shape index (κ2) is 8.74. The summed E-state index contributed by atoms with van der Waals surface area (Å²) in [6.45, 7) is 4.68. The Morgan fingerprint density at radius 1 is 1.27 bits per heavy atom. The van der Waals surface area contributed by atoms with Crippen LogP contribution in [0.15, 0.2) is 30.7 Å². The zero-order valence-corrected chi connectivity index (χ0v) is 19.3. The Kier molecular flexibility index (Phi) is 5.77. The Labute approximate surface area is 196 Å². The fraction of sp³-hybridized carbons (Fsp3) is 0.391. The molecule has 0 spiro atoms. The highest BCUT2D eigenvalue weighted by Crippen LogP contribution is 2.33. The van der Waals surface area contributed by atoms with Crippen LogP contribution in [0.25, 0.3) is 16.8 Å². The zero-order valence-electron chi connectivity index (χ0n) is 18.5. The van der Waals surface area contributed by atoms with Crippen LogP contribution in [0.2, 0.25) is 5.02 Å². The molecule has 0 saturated carbocycles. The molecule has 2 aliphatic heterocycles. The molecule has 2 aromatic heterocycles. The Morgan fingerprint density at radius 2 is 2.12 bits per heavy atom. The molecule has 1 atom stereocenters. The number of hydrogen-bond acceptors (Lipinski definition) is 6. The molecule has 172 valence electrons. The molecule has 3 amide bonds. The molecule has 1 aromatic carbocycles. The summed E-state index contributed by atoms with van der Waals surface area (Å²) < 4.78 is 7.67. The average Bonchev–Trinajstić information content (AvgIpc) is 3.31. The van der Waals surface area contributed by atoms with Crippen LogP contribution in [0.3, 0.4) is 0 Å². The second-order valence-electron chi connectivity index (χ2n) is 8.56. The number of aromatic nitrogens is 3. The van der Waals surface area contributed by atoms with Crippen molar-refractivity contribution in [2.24, 2.45) is 0 Å². The van der Waals surface area contributed by atoms with E-state index in [0.29, 0.717) is 11.6 Å². The first-order valence-electron chi connectivity index (χ1n) is 10.9. The van der Waals surface area contributed by atoms with Crippen LogP contribution in [0.5, 0.6) is 0 Å². The molecule has 4 heterocycles. The van der Waals surface area contributed by atoms with Gasteiger partial charge >= 0.3 is 6.03 Å². The topological polar surface area (TPSA) is 92.1 Å². The third kappa shape index (κ3) is 4.19. The van der Waals surface area contributed by atoms with Crippen molar-refractivity contribution in [2.45, 2.75) is 26.0 Å². The van der Waals surface area contributed by atoms with Crippen LogP contribution >= 0.6 is 11.6 Å². The molecule has 0 bridgehead atoms. The number of imide groups is 1. The van der Waals surface area contributed by atoms with E-state index in [9.17, 15) is 9.59 Å². The number of likely N-dealkylation sites (N-methyl/N-ethyl adjacent to an activating group) is 1. The van der Waals surface area contributed by atoms with Crippen molar-refractivity contribution < 1.29 is 14.3 Å². The number of aryl methyl sites for hydroxylation is 1. The van der Waals surface area contributed by atoms with Crippen LogP contribution < -0.4 is 5.32 Å². The van der Waals surface area contributed by atoms with E-state index in [-0.39, 0.29) is 31.1 Å². The number of halogens is 1. The van der Waals surface area contributed by atoms with Gasteiger partial charge < -0.3 is 15.0 Å². The molecule has 3 aromatic rings. The number of carbonyl (C=O) groups is 2. The largest absolute Gasteiger partial charge is 0.375 e. The number of urea groups is 1. The van der Waals surface area contributed by atoms with Gasteiger partial charge in [-0.15, -0.1) is 0 Å². The highest BCUT2D eigenvalue weighted by molar-refractivity contribution is 6.31. The Morgan fingerprint density at radius 3 is 2.85 bits per heavy atom. The van der Waals surface area contributed by atoms with Gasteiger partial charge in [0.15, 0.2) is 0 Å². The van der Waals surface area contributed by atoms with E-state index in [1.165, 1.54) is 16.1 Å². The number of benzene rings is 1. The van der Waals surface area contributed by atoms with Gasteiger partial charge in [-0.3, -0.25) is 9.69 Å². The highest BCUT2D eigenvalue weighted by atomic mass is 35.5. The van der Waals surface area contributed by atoms with Crippen LogP contribution in [-0.2, 0) is 22.5 Å². The summed E-state index contributed by atoms with van der Waals surface area (Å²) in [6, 6.07) is 5.51. The summed E-state index contributed by atoms with van der Waals surface area (Å²) in [4.78, 5) is 31.8. The number of hydrogen-bond donors (Lipinski definition) is 1. The molecule has 10 heteroatoms. The lowest BCUT2D eigenvalue weighted by atomic mass is 9.94. The summed E-state index contributed by atoms with van der Waals surface area (Å²) in [5, 5.41) is 8.36. The quantitative estimate of drug-likeness (QED) is 0.577. The van der Waals surface area contributed by atoms with Crippen LogP contribution in [-0.4, -0.2) is 75.7 Å². The SMILES string of the molecule is Cc1cc(Cl)cc(-c2ncnn3cc(CN4C(=O)CN(C)C4=O)cc23)c1CC1CNCCO1. The van der Waals surface area contributed by atoms with Crippen LogP contribution in [0.4, 0.5) is 4.79 Å². The summed E-state index contributed by atoms with van der Waals surface area (Å²) in [7, 11) is 1.62. The predicted molar refractivity (Wildman–Crippen MR) is 123 cm³/mol. The Hall–Kier alpha value is -3.01. The van der Waals surface area contributed by atoms with Gasteiger partial charge in [0.2, 0.25) is 0 Å². The molecule has 2 saturated heterocycles. The lowest BCUT2D eigenvalue weighted by Crippen LogP contribution is -2.39. The van der Waals surface area contributed by atoms with Crippen molar-refractivity contribution in [3.8, 4) is 11.3 Å². The van der Waals surface area contributed by atoms with Crippen molar-refractivity contribution in [2.75, 3.05) is 33.3 Å². The molecule has 9 nitrogen and oxygen atoms in total. The minimum atomic E-state index is -0.296. The smallest absolute Gasteiger partial charge is 0.327 e. The minimum Gasteiger partial charge on any atom is -0.375 e. The fourth-order valence-corrected chi connectivity index (χ4v) is 4.79. The molecule has 5 rings (SSSR count). The molecular formula is C23H25ClN6O3. The molecule has 0 radical (unpaired) electrons. The number of morpholine rings is 1. The van der Waals surface area contributed by atoms with Crippen molar-refractivity contribution in [1.82, 2.24) is 29.7 Å². The van der Waals surface area contributed by atoms with E-state index in [2.05, 4.69) is 15.4 Å². The van der Waals surface area contributed by atoms with E-state index < -0.39 is 0 Å². The minimum absolute atomic E-state index is 0.0711. The van der Waals surface area contributed by atoms with Gasteiger partial charge in [0.25, 0.3) is 5.91 Å². The highest BCUT2D eigenvalue weighted by Gasteiger charge is 2.33. The van der Waals surface area contributed by atoms with Crippen LogP contribution in [0, 0.1) is 6.92 Å². The summed E-state index contributed by atoms with van der Waals surface area (Å²) in [5.74, 6) is -0.210. The molecule has 33 heavy (non-hydrogen) atoms. The summed E-state index contributed by atoms with van der Waals surface area (Å²) >= 11 is 6.45. The maximum Gasteiger partial charge on any atom is 0.327 e. The second-order valence-corrected chi connectivity index (χ2v) is 8.99. The molecule has 2 fully saturated rings. The van der Waals surface area contributed by atoms with Gasteiger partial charge in [0, 0.05) is 43.3 Å². The predicted octanol–water partition coefficient (Wildman–Crippen LogP) is 2.28. The fourth-order valence-electron chi connectivity index (χ4n) is 4.52. The number of nitrogens with zero attached hydrogens (tertiary/aromatic N) is 5. The number of carbonyl (C=O) groups excluding carboxylic acids is 2. The number of amides is 3. The maximum absolute atomic E-state index is 12.3. The molecule has 1 unspecified atom stereocenters. The first-order valence-corrected chi connectivity index (χ1v) is 11.3.